The van der Waals surface area contributed by atoms with Crippen molar-refractivity contribution in [2.45, 2.75) is 19.5 Å². The first kappa shape index (κ1) is 11.0. The van der Waals surface area contributed by atoms with Crippen LogP contribution in [0.5, 0.6) is 0 Å². The molecule has 0 saturated carbocycles. The van der Waals surface area contributed by atoms with E-state index in [0.29, 0.717) is 16.9 Å². The molecule has 2 N–H and O–H groups in total. The molecule has 0 aliphatic heterocycles. The summed E-state index contributed by atoms with van der Waals surface area (Å²) < 4.78 is 26.0. The van der Waals surface area contributed by atoms with Gasteiger partial charge in [-0.05, 0) is 6.54 Å². The summed E-state index contributed by atoms with van der Waals surface area (Å²) in [6, 6.07) is -3.38. The summed E-state index contributed by atoms with van der Waals surface area (Å²) in [6.07, 6.45) is 1.11. The van der Waals surface area contributed by atoms with Crippen molar-refractivity contribution >= 4 is 0 Å². The summed E-state index contributed by atoms with van der Waals surface area (Å²) in [5.41, 5.74) is 0.417. The van der Waals surface area contributed by atoms with Gasteiger partial charge in [0.15, 0.2) is 0 Å². The lowest BCUT2D eigenvalue weighted by Crippen LogP contribution is -2.27. The van der Waals surface area contributed by atoms with Gasteiger partial charge in [0.25, 0.3) is 0 Å². The number of rotatable bonds is 5. The maximum Gasteiger partial charge on any atom is 0.367 e. The van der Waals surface area contributed by atoms with Gasteiger partial charge in [0.2, 0.25) is 0 Å². The van der Waals surface area contributed by atoms with Crippen molar-refractivity contribution < 1.29 is 13.9 Å². The minimum Gasteiger partial charge on any atom is -0.388 e. The van der Waals surface area contributed by atoms with E-state index in [1.165, 1.54) is 0 Å². The van der Waals surface area contributed by atoms with Gasteiger partial charge >= 0.3 is 6.05 Å². The van der Waals surface area contributed by atoms with Gasteiger partial charge in [-0.25, -0.2) is 0 Å². The SMILES string of the molecule is CCNCc1cn(C(F)(F)CO)nn1. The Kier molecular flexibility index (Phi) is 3.48. The monoisotopic (exact) mass is 206 g/mol. The van der Waals surface area contributed by atoms with E-state index in [-0.39, 0.29) is 0 Å². The molecule has 7 heteroatoms. The number of aliphatic hydroxyl groups excluding tert-OH is 1. The molecular formula is C7H12F2N4O. The van der Waals surface area contributed by atoms with E-state index in [1.807, 2.05) is 6.92 Å². The zero-order chi connectivity index (χ0) is 10.6. The third-order valence-electron chi connectivity index (χ3n) is 1.62. The fourth-order valence-electron chi connectivity index (χ4n) is 0.865. The smallest absolute Gasteiger partial charge is 0.367 e. The molecule has 0 spiro atoms. The van der Waals surface area contributed by atoms with Gasteiger partial charge in [-0.2, -0.15) is 13.5 Å². The third-order valence-corrected chi connectivity index (χ3v) is 1.62. The zero-order valence-corrected chi connectivity index (χ0v) is 7.74. The molecule has 0 fully saturated rings. The zero-order valence-electron chi connectivity index (χ0n) is 7.74. The van der Waals surface area contributed by atoms with E-state index >= 15 is 0 Å². The van der Waals surface area contributed by atoms with E-state index < -0.39 is 12.7 Å². The number of hydrogen-bond donors (Lipinski definition) is 2. The number of aliphatic hydroxyl groups is 1. The molecule has 1 heterocycles. The Labute approximate surface area is 79.7 Å². The molecule has 0 aromatic carbocycles. The predicted octanol–water partition coefficient (Wildman–Crippen LogP) is -0.0708. The summed E-state index contributed by atoms with van der Waals surface area (Å²) in [6.45, 7) is 1.73. The number of alkyl halides is 2. The van der Waals surface area contributed by atoms with Crippen LogP contribution in [0, 0.1) is 0 Å². The fraction of sp³-hybridized carbons (Fsp3) is 0.714. The van der Waals surface area contributed by atoms with Gasteiger partial charge in [0, 0.05) is 6.54 Å². The van der Waals surface area contributed by atoms with Gasteiger partial charge in [0.05, 0.1) is 11.9 Å². The highest BCUT2D eigenvalue weighted by molar-refractivity contribution is 4.92. The van der Waals surface area contributed by atoms with Crippen LogP contribution < -0.4 is 5.32 Å². The molecule has 0 bridgehead atoms. The third kappa shape index (κ3) is 2.46. The Balaban J connectivity index is 2.67. The van der Waals surface area contributed by atoms with Crippen molar-refractivity contribution in [2.75, 3.05) is 13.2 Å². The lowest BCUT2D eigenvalue weighted by atomic mass is 10.4. The number of nitrogens with zero attached hydrogens (tertiary/aromatic N) is 3. The summed E-state index contributed by atoms with van der Waals surface area (Å²) in [7, 11) is 0. The van der Waals surface area contributed by atoms with E-state index in [9.17, 15) is 8.78 Å². The lowest BCUT2D eigenvalue weighted by molar-refractivity contribution is -0.131. The molecule has 5 nitrogen and oxygen atoms in total. The van der Waals surface area contributed by atoms with Crippen molar-refractivity contribution in [3.05, 3.63) is 11.9 Å². The van der Waals surface area contributed by atoms with Crippen LogP contribution in [0.15, 0.2) is 6.20 Å². The van der Waals surface area contributed by atoms with Gasteiger partial charge < -0.3 is 10.4 Å². The average molecular weight is 206 g/mol. The molecule has 0 amide bonds. The van der Waals surface area contributed by atoms with Crippen LogP contribution in [0.1, 0.15) is 12.6 Å². The number of hydrogen-bond acceptors (Lipinski definition) is 4. The van der Waals surface area contributed by atoms with E-state index in [4.69, 9.17) is 5.11 Å². The quantitative estimate of drug-likeness (QED) is 0.707. The fourth-order valence-corrected chi connectivity index (χ4v) is 0.865. The topological polar surface area (TPSA) is 63.0 Å². The minimum atomic E-state index is -3.38. The molecule has 0 radical (unpaired) electrons. The molecule has 1 rings (SSSR count). The average Bonchev–Trinajstić information content (AvgIpc) is 2.63. The molecule has 0 aliphatic carbocycles. The van der Waals surface area contributed by atoms with Crippen LogP contribution in [0.3, 0.4) is 0 Å². The highest BCUT2D eigenvalue weighted by atomic mass is 19.3. The summed E-state index contributed by atoms with van der Waals surface area (Å²) >= 11 is 0. The molecule has 0 aliphatic rings. The van der Waals surface area contributed by atoms with Crippen molar-refractivity contribution in [3.63, 3.8) is 0 Å². The first-order valence-corrected chi connectivity index (χ1v) is 4.21. The van der Waals surface area contributed by atoms with Crippen molar-refractivity contribution in [3.8, 4) is 0 Å². The Morgan fingerprint density at radius 3 is 2.93 bits per heavy atom. The normalized spacial score (nSPS) is 12.0. The Bertz CT molecular complexity index is 289. The summed E-state index contributed by atoms with van der Waals surface area (Å²) in [4.78, 5) is 0. The highest BCUT2D eigenvalue weighted by Gasteiger charge is 2.31. The second-order valence-corrected chi connectivity index (χ2v) is 2.76. The van der Waals surface area contributed by atoms with Crippen molar-refractivity contribution in [2.24, 2.45) is 0 Å². The van der Waals surface area contributed by atoms with Crippen molar-refractivity contribution in [1.82, 2.24) is 20.3 Å². The van der Waals surface area contributed by atoms with Crippen LogP contribution >= 0.6 is 0 Å². The maximum absolute atomic E-state index is 12.8. The number of nitrogens with one attached hydrogen (secondary N) is 1. The molecule has 0 saturated heterocycles. The van der Waals surface area contributed by atoms with E-state index in [2.05, 4.69) is 15.6 Å². The van der Waals surface area contributed by atoms with Gasteiger partial charge in [0.1, 0.15) is 6.61 Å². The lowest BCUT2D eigenvalue weighted by Gasteiger charge is -2.11. The first-order chi connectivity index (χ1) is 6.60. The highest BCUT2D eigenvalue weighted by Crippen LogP contribution is 2.17. The first-order valence-electron chi connectivity index (χ1n) is 4.21. The van der Waals surface area contributed by atoms with Crippen LogP contribution in [0.2, 0.25) is 0 Å². The van der Waals surface area contributed by atoms with Crippen LogP contribution in [0.4, 0.5) is 8.78 Å². The van der Waals surface area contributed by atoms with Gasteiger partial charge in [-0.15, -0.1) is 5.10 Å². The molecule has 0 unspecified atom stereocenters. The number of aromatic nitrogens is 3. The van der Waals surface area contributed by atoms with Crippen LogP contribution in [-0.4, -0.2) is 33.3 Å². The maximum atomic E-state index is 12.8. The molecule has 80 valence electrons. The standard InChI is InChI=1S/C7H12F2N4O/c1-2-10-3-6-4-13(12-11-6)7(8,9)5-14/h4,10,14H,2-3,5H2,1H3. The Morgan fingerprint density at radius 1 is 1.64 bits per heavy atom. The second-order valence-electron chi connectivity index (χ2n) is 2.76. The number of halogens is 2. The summed E-state index contributed by atoms with van der Waals surface area (Å²) in [5, 5.41) is 18.1. The summed E-state index contributed by atoms with van der Waals surface area (Å²) in [5.74, 6) is 0. The molecule has 1 aromatic heterocycles. The van der Waals surface area contributed by atoms with Gasteiger partial charge in [-0.3, -0.25) is 0 Å². The van der Waals surface area contributed by atoms with Gasteiger partial charge in [-0.1, -0.05) is 12.1 Å². The Morgan fingerprint density at radius 2 is 2.36 bits per heavy atom. The predicted molar refractivity (Wildman–Crippen MR) is 44.7 cm³/mol. The largest absolute Gasteiger partial charge is 0.388 e. The van der Waals surface area contributed by atoms with E-state index in [0.717, 1.165) is 12.7 Å². The molecule has 14 heavy (non-hydrogen) atoms. The molecule has 1 aromatic rings. The van der Waals surface area contributed by atoms with Crippen molar-refractivity contribution in [1.29, 1.82) is 0 Å². The second kappa shape index (κ2) is 4.43. The van der Waals surface area contributed by atoms with Crippen LogP contribution in [0.25, 0.3) is 0 Å². The molecule has 0 atom stereocenters. The minimum absolute atomic E-state index is 0.361. The molecular weight excluding hydrogens is 194 g/mol. The van der Waals surface area contributed by atoms with E-state index in [1.54, 1.807) is 0 Å². The van der Waals surface area contributed by atoms with Crippen LogP contribution in [-0.2, 0) is 12.6 Å². The Hall–Kier alpha value is -1.08.